The first-order valence-corrected chi connectivity index (χ1v) is 6.08. The van der Waals surface area contributed by atoms with E-state index in [1.165, 1.54) is 0 Å². The van der Waals surface area contributed by atoms with E-state index in [-0.39, 0.29) is 6.54 Å². The fourth-order valence-electron chi connectivity index (χ4n) is 1.83. The minimum Gasteiger partial charge on any atom is -0.496 e. The highest BCUT2D eigenvalue weighted by Gasteiger charge is 2.30. The fourth-order valence-corrected chi connectivity index (χ4v) is 1.83. The lowest BCUT2D eigenvalue weighted by atomic mass is 10.0. The van der Waals surface area contributed by atoms with E-state index in [1.807, 2.05) is 13.8 Å². The van der Waals surface area contributed by atoms with Gasteiger partial charge in [0.15, 0.2) is 5.60 Å². The molecule has 0 aromatic heterocycles. The lowest BCUT2D eigenvalue weighted by Crippen LogP contribution is -2.46. The number of carboxylic acids is 1. The molecule has 0 radical (unpaired) electrons. The van der Waals surface area contributed by atoms with Gasteiger partial charge in [0.05, 0.1) is 13.7 Å². The van der Waals surface area contributed by atoms with Gasteiger partial charge in [-0.1, -0.05) is 0 Å². The van der Waals surface area contributed by atoms with Crippen LogP contribution < -0.4 is 10.1 Å². The monoisotopic (exact) mass is 281 g/mol. The molecule has 0 spiro atoms. The normalized spacial score (nSPS) is 13.4. The molecule has 1 amide bonds. The number of amides is 1. The van der Waals surface area contributed by atoms with Gasteiger partial charge in [-0.05, 0) is 44.0 Å². The van der Waals surface area contributed by atoms with E-state index in [1.54, 1.807) is 19.2 Å². The number of rotatable bonds is 5. The van der Waals surface area contributed by atoms with Crippen LogP contribution in [0.5, 0.6) is 5.75 Å². The predicted molar refractivity (Wildman–Crippen MR) is 73.1 cm³/mol. The van der Waals surface area contributed by atoms with E-state index < -0.39 is 17.5 Å². The van der Waals surface area contributed by atoms with Gasteiger partial charge in [-0.15, -0.1) is 0 Å². The maximum atomic E-state index is 12.0. The van der Waals surface area contributed by atoms with Gasteiger partial charge < -0.3 is 20.3 Å². The summed E-state index contributed by atoms with van der Waals surface area (Å²) < 4.78 is 5.21. The maximum absolute atomic E-state index is 12.0. The molecule has 0 aliphatic heterocycles. The van der Waals surface area contributed by atoms with Crippen LogP contribution in [0.25, 0.3) is 0 Å². The van der Waals surface area contributed by atoms with Crippen LogP contribution in [0, 0.1) is 13.8 Å². The van der Waals surface area contributed by atoms with Crippen LogP contribution >= 0.6 is 0 Å². The lowest BCUT2D eigenvalue weighted by Gasteiger charge is -2.18. The molecule has 0 bridgehead atoms. The molecule has 1 aromatic carbocycles. The van der Waals surface area contributed by atoms with Gasteiger partial charge in [-0.25, -0.2) is 4.79 Å². The molecule has 20 heavy (non-hydrogen) atoms. The number of carbonyl (C=O) groups excluding carboxylic acids is 1. The summed E-state index contributed by atoms with van der Waals surface area (Å²) in [5.41, 5.74) is 0.0129. The first-order chi connectivity index (χ1) is 9.19. The second-order valence-electron chi connectivity index (χ2n) is 4.90. The predicted octanol–water partition coefficient (Wildman–Crippen LogP) is 0.877. The van der Waals surface area contributed by atoms with Gasteiger partial charge in [0.2, 0.25) is 0 Å². The molecule has 1 rings (SSSR count). The average Bonchev–Trinajstić information content (AvgIpc) is 2.35. The first kappa shape index (κ1) is 16.0. The number of methoxy groups -OCH3 is 1. The number of carbonyl (C=O) groups is 2. The summed E-state index contributed by atoms with van der Waals surface area (Å²) >= 11 is 0. The minimum atomic E-state index is -1.99. The number of benzene rings is 1. The van der Waals surface area contributed by atoms with Gasteiger partial charge in [0, 0.05) is 5.56 Å². The lowest BCUT2D eigenvalue weighted by molar-refractivity contribution is -0.155. The summed E-state index contributed by atoms with van der Waals surface area (Å²) in [6.45, 7) is 4.39. The summed E-state index contributed by atoms with van der Waals surface area (Å²) in [7, 11) is 1.55. The molecule has 1 unspecified atom stereocenters. The molecular weight excluding hydrogens is 262 g/mol. The van der Waals surface area contributed by atoms with Gasteiger partial charge in [-0.3, -0.25) is 4.79 Å². The Labute approximate surface area is 117 Å². The Hall–Kier alpha value is -2.08. The highest BCUT2D eigenvalue weighted by atomic mass is 16.5. The molecule has 0 heterocycles. The Kier molecular flexibility index (Phi) is 4.73. The van der Waals surface area contributed by atoms with Crippen molar-refractivity contribution in [1.82, 2.24) is 5.32 Å². The molecule has 6 nitrogen and oxygen atoms in total. The third kappa shape index (κ3) is 3.48. The topological polar surface area (TPSA) is 95.9 Å². The largest absolute Gasteiger partial charge is 0.496 e. The molecule has 0 fully saturated rings. The third-order valence-corrected chi connectivity index (χ3v) is 2.98. The molecular formula is C14H19NO5. The second kappa shape index (κ2) is 5.92. The number of hydrogen-bond acceptors (Lipinski definition) is 4. The van der Waals surface area contributed by atoms with E-state index >= 15 is 0 Å². The molecule has 0 saturated carbocycles. The van der Waals surface area contributed by atoms with E-state index in [2.05, 4.69) is 5.32 Å². The van der Waals surface area contributed by atoms with Crippen molar-refractivity contribution in [2.75, 3.05) is 13.7 Å². The van der Waals surface area contributed by atoms with Gasteiger partial charge in [0.25, 0.3) is 5.91 Å². The number of carboxylic acid groups (broad SMARTS) is 1. The van der Waals surface area contributed by atoms with E-state index in [9.17, 15) is 14.7 Å². The number of aryl methyl sites for hydroxylation is 2. The van der Waals surface area contributed by atoms with Crippen LogP contribution in [0.2, 0.25) is 0 Å². The smallest absolute Gasteiger partial charge is 0.337 e. The van der Waals surface area contributed by atoms with Gasteiger partial charge in [0.1, 0.15) is 5.75 Å². The van der Waals surface area contributed by atoms with Crippen molar-refractivity contribution in [2.45, 2.75) is 26.4 Å². The number of aliphatic hydroxyl groups is 1. The highest BCUT2D eigenvalue weighted by molar-refractivity contribution is 5.95. The zero-order chi connectivity index (χ0) is 15.5. The Morgan fingerprint density at radius 2 is 1.80 bits per heavy atom. The van der Waals surface area contributed by atoms with Crippen LogP contribution in [0.1, 0.15) is 28.4 Å². The standard InChI is InChI=1S/C14H19NO5/c1-8-5-10(6-9(2)11(8)20-4)12(16)15-7-14(3,19)13(17)18/h5-6,19H,7H2,1-4H3,(H,15,16)(H,17,18). The first-order valence-electron chi connectivity index (χ1n) is 6.08. The Morgan fingerprint density at radius 1 is 1.30 bits per heavy atom. The number of nitrogens with one attached hydrogen (secondary N) is 1. The summed E-state index contributed by atoms with van der Waals surface area (Å²) in [6.07, 6.45) is 0. The summed E-state index contributed by atoms with van der Waals surface area (Å²) in [5, 5.41) is 20.7. The molecule has 3 N–H and O–H groups in total. The van der Waals surface area contributed by atoms with Crippen molar-refractivity contribution in [3.05, 3.63) is 28.8 Å². The van der Waals surface area contributed by atoms with Crippen molar-refractivity contribution in [1.29, 1.82) is 0 Å². The number of aliphatic carboxylic acids is 1. The van der Waals surface area contributed by atoms with Crippen LogP contribution in [-0.2, 0) is 4.79 Å². The second-order valence-corrected chi connectivity index (χ2v) is 4.90. The van der Waals surface area contributed by atoms with Crippen LogP contribution in [0.4, 0.5) is 0 Å². The molecule has 0 saturated heterocycles. The number of ether oxygens (including phenoxy) is 1. The summed E-state index contributed by atoms with van der Waals surface area (Å²) in [4.78, 5) is 22.7. The van der Waals surface area contributed by atoms with Gasteiger partial charge >= 0.3 is 5.97 Å². The molecule has 1 atom stereocenters. The maximum Gasteiger partial charge on any atom is 0.337 e. The zero-order valence-electron chi connectivity index (χ0n) is 12.0. The van der Waals surface area contributed by atoms with Crippen molar-refractivity contribution in [3.63, 3.8) is 0 Å². The van der Waals surface area contributed by atoms with Crippen LogP contribution in [0.3, 0.4) is 0 Å². The third-order valence-electron chi connectivity index (χ3n) is 2.98. The van der Waals surface area contributed by atoms with Gasteiger partial charge in [-0.2, -0.15) is 0 Å². The SMILES string of the molecule is COc1c(C)cc(C(=O)NCC(C)(O)C(=O)O)cc1C. The van der Waals surface area contributed by atoms with E-state index in [0.29, 0.717) is 11.3 Å². The highest BCUT2D eigenvalue weighted by Crippen LogP contribution is 2.24. The van der Waals surface area contributed by atoms with E-state index in [0.717, 1.165) is 18.1 Å². The van der Waals surface area contributed by atoms with Crippen molar-refractivity contribution >= 4 is 11.9 Å². The molecule has 6 heteroatoms. The summed E-state index contributed by atoms with van der Waals surface area (Å²) in [5.74, 6) is -1.13. The molecule has 1 aromatic rings. The minimum absolute atomic E-state index is 0.370. The summed E-state index contributed by atoms with van der Waals surface area (Å²) in [6, 6.07) is 3.30. The molecule has 110 valence electrons. The quantitative estimate of drug-likeness (QED) is 0.744. The van der Waals surface area contributed by atoms with E-state index in [4.69, 9.17) is 9.84 Å². The Balaban J connectivity index is 2.87. The van der Waals surface area contributed by atoms with Crippen molar-refractivity contribution in [3.8, 4) is 5.75 Å². The molecule has 0 aliphatic rings. The Bertz CT molecular complexity index is 513. The average molecular weight is 281 g/mol. The van der Waals surface area contributed by atoms with Crippen LogP contribution in [0.15, 0.2) is 12.1 Å². The Morgan fingerprint density at radius 3 is 2.20 bits per heavy atom. The van der Waals surface area contributed by atoms with Crippen molar-refractivity contribution in [2.24, 2.45) is 0 Å². The number of hydrogen-bond donors (Lipinski definition) is 3. The fraction of sp³-hybridized carbons (Fsp3) is 0.429. The zero-order valence-corrected chi connectivity index (χ0v) is 12.0. The molecule has 0 aliphatic carbocycles. The van der Waals surface area contributed by atoms with Crippen molar-refractivity contribution < 1.29 is 24.5 Å². The van der Waals surface area contributed by atoms with Crippen LogP contribution in [-0.4, -0.2) is 41.3 Å².